The molecule has 0 saturated carbocycles. The van der Waals surface area contributed by atoms with E-state index in [1.54, 1.807) is 18.0 Å². The van der Waals surface area contributed by atoms with Gasteiger partial charge < -0.3 is 15.4 Å². The number of nitrogens with one attached hydrogen (secondary N) is 2. The molecule has 0 atom stereocenters. The molecule has 0 aliphatic heterocycles. The molecule has 0 spiro atoms. The number of carbonyl (C=O) groups is 1. The molecule has 1 amide bonds. The Morgan fingerprint density at radius 3 is 2.76 bits per heavy atom. The van der Waals surface area contributed by atoms with Crippen LogP contribution in [0.2, 0.25) is 0 Å². The molecule has 0 bridgehead atoms. The van der Waals surface area contributed by atoms with Gasteiger partial charge in [0.25, 0.3) is 0 Å². The summed E-state index contributed by atoms with van der Waals surface area (Å²) in [5.41, 5.74) is 1.60. The minimum Gasteiger partial charge on any atom is -0.497 e. The van der Waals surface area contributed by atoms with Gasteiger partial charge in [-0.25, -0.2) is 4.68 Å². The Balaban J connectivity index is 1.92. The molecule has 7 nitrogen and oxygen atoms in total. The van der Waals surface area contributed by atoms with Crippen LogP contribution in [-0.2, 0) is 11.3 Å². The van der Waals surface area contributed by atoms with Crippen LogP contribution in [0.15, 0.2) is 30.5 Å². The number of ether oxygens (including phenoxy) is 1. The number of carbonyl (C=O) groups excluding carboxylic acids is 1. The number of methoxy groups -OCH3 is 1. The number of nitrogens with zero attached hydrogens (tertiary/aromatic N) is 3. The van der Waals surface area contributed by atoms with Crippen LogP contribution < -0.4 is 15.4 Å². The lowest BCUT2D eigenvalue weighted by Crippen LogP contribution is -2.26. The van der Waals surface area contributed by atoms with E-state index in [1.165, 1.54) is 0 Å². The second-order valence-electron chi connectivity index (χ2n) is 4.48. The molecule has 0 radical (unpaired) electrons. The van der Waals surface area contributed by atoms with Gasteiger partial charge in [-0.2, -0.15) is 0 Å². The monoisotopic (exact) mass is 289 g/mol. The van der Waals surface area contributed by atoms with Crippen LogP contribution in [-0.4, -0.2) is 41.6 Å². The lowest BCUT2D eigenvalue weighted by atomic mass is 10.3. The molecule has 0 aliphatic carbocycles. The van der Waals surface area contributed by atoms with Crippen LogP contribution in [0, 0.1) is 0 Å². The zero-order valence-electron chi connectivity index (χ0n) is 12.2. The highest BCUT2D eigenvalue weighted by Crippen LogP contribution is 2.14. The summed E-state index contributed by atoms with van der Waals surface area (Å²) >= 11 is 0. The SMILES string of the molecule is CNCCC(=O)NCc1cn(-c2ccc(OC)cc2)nn1. The fourth-order valence-electron chi connectivity index (χ4n) is 1.76. The molecule has 0 aliphatic rings. The molecule has 0 saturated heterocycles. The Hall–Kier alpha value is -2.41. The first-order valence-corrected chi connectivity index (χ1v) is 6.70. The first-order chi connectivity index (χ1) is 10.2. The number of benzene rings is 1. The quantitative estimate of drug-likeness (QED) is 0.776. The maximum atomic E-state index is 11.5. The topological polar surface area (TPSA) is 81.1 Å². The standard InChI is InChI=1S/C14H19N5O2/c1-15-8-7-14(20)16-9-11-10-19(18-17-11)12-3-5-13(21-2)6-4-12/h3-6,10,15H,7-9H2,1-2H3,(H,16,20). The van der Waals surface area contributed by atoms with Crippen molar-refractivity contribution in [3.8, 4) is 11.4 Å². The third-order valence-corrected chi connectivity index (χ3v) is 2.95. The summed E-state index contributed by atoms with van der Waals surface area (Å²) in [7, 11) is 3.44. The number of rotatable bonds is 7. The predicted molar refractivity (Wildman–Crippen MR) is 78.3 cm³/mol. The fraction of sp³-hybridized carbons (Fsp3) is 0.357. The molecule has 0 unspecified atom stereocenters. The molecule has 2 N–H and O–H groups in total. The zero-order valence-corrected chi connectivity index (χ0v) is 12.2. The van der Waals surface area contributed by atoms with E-state index in [-0.39, 0.29) is 5.91 Å². The summed E-state index contributed by atoms with van der Waals surface area (Å²) in [5, 5.41) is 13.8. The van der Waals surface area contributed by atoms with E-state index in [4.69, 9.17) is 4.74 Å². The highest BCUT2D eigenvalue weighted by Gasteiger charge is 2.05. The molecule has 112 valence electrons. The first kappa shape index (κ1) is 15.0. The number of hydrogen-bond donors (Lipinski definition) is 2. The van der Waals surface area contributed by atoms with E-state index < -0.39 is 0 Å². The third kappa shape index (κ3) is 4.28. The summed E-state index contributed by atoms with van der Waals surface area (Å²) in [6, 6.07) is 7.50. The van der Waals surface area contributed by atoms with Gasteiger partial charge in [-0.3, -0.25) is 4.79 Å². The maximum Gasteiger partial charge on any atom is 0.221 e. The van der Waals surface area contributed by atoms with Crippen molar-refractivity contribution in [1.29, 1.82) is 0 Å². The van der Waals surface area contributed by atoms with E-state index in [1.807, 2.05) is 31.3 Å². The summed E-state index contributed by atoms with van der Waals surface area (Å²) in [5.74, 6) is 0.777. The highest BCUT2D eigenvalue weighted by molar-refractivity contribution is 5.75. The van der Waals surface area contributed by atoms with Gasteiger partial charge in [0.1, 0.15) is 11.4 Å². The molecule has 1 heterocycles. The molecule has 21 heavy (non-hydrogen) atoms. The summed E-state index contributed by atoms with van der Waals surface area (Å²) in [6.07, 6.45) is 2.24. The summed E-state index contributed by atoms with van der Waals surface area (Å²) < 4.78 is 6.77. The zero-order chi connectivity index (χ0) is 15.1. The van der Waals surface area contributed by atoms with Gasteiger partial charge in [0.15, 0.2) is 0 Å². The number of amides is 1. The lowest BCUT2D eigenvalue weighted by molar-refractivity contribution is -0.121. The molecular weight excluding hydrogens is 270 g/mol. The average Bonchev–Trinajstić information content (AvgIpc) is 3.00. The molecule has 1 aromatic heterocycles. The van der Waals surface area contributed by atoms with Gasteiger partial charge >= 0.3 is 0 Å². The second-order valence-corrected chi connectivity index (χ2v) is 4.48. The van der Waals surface area contributed by atoms with Crippen LogP contribution >= 0.6 is 0 Å². The van der Waals surface area contributed by atoms with Crippen molar-refractivity contribution in [2.24, 2.45) is 0 Å². The Bertz CT molecular complexity index is 579. The maximum absolute atomic E-state index is 11.5. The van der Waals surface area contributed by atoms with E-state index >= 15 is 0 Å². The largest absolute Gasteiger partial charge is 0.497 e. The molecule has 0 fully saturated rings. The van der Waals surface area contributed by atoms with Crippen molar-refractivity contribution in [3.63, 3.8) is 0 Å². The van der Waals surface area contributed by atoms with Crippen molar-refractivity contribution >= 4 is 5.91 Å². The molecule has 2 rings (SSSR count). The Morgan fingerprint density at radius 2 is 2.10 bits per heavy atom. The fourth-order valence-corrected chi connectivity index (χ4v) is 1.76. The van der Waals surface area contributed by atoms with Crippen LogP contribution in [0.4, 0.5) is 0 Å². The third-order valence-electron chi connectivity index (χ3n) is 2.95. The molecule has 7 heteroatoms. The van der Waals surface area contributed by atoms with Crippen LogP contribution in [0.1, 0.15) is 12.1 Å². The summed E-state index contributed by atoms with van der Waals surface area (Å²) in [4.78, 5) is 11.5. The van der Waals surface area contributed by atoms with Gasteiger partial charge in [-0.05, 0) is 31.3 Å². The minimum absolute atomic E-state index is 0.0108. The van der Waals surface area contributed by atoms with Gasteiger partial charge in [0.05, 0.1) is 25.5 Å². The Labute approximate surface area is 123 Å². The van der Waals surface area contributed by atoms with Crippen LogP contribution in [0.3, 0.4) is 0 Å². The molecular formula is C14H19N5O2. The van der Waals surface area contributed by atoms with Crippen molar-refractivity contribution < 1.29 is 9.53 Å². The number of hydrogen-bond acceptors (Lipinski definition) is 5. The number of aromatic nitrogens is 3. The van der Waals surface area contributed by atoms with Gasteiger partial charge in [-0.1, -0.05) is 5.21 Å². The predicted octanol–water partition coefficient (Wildman–Crippen LogP) is 0.502. The summed E-state index contributed by atoms with van der Waals surface area (Å²) in [6.45, 7) is 1.03. The Kier molecular flexibility index (Phi) is 5.28. The second kappa shape index (κ2) is 7.39. The van der Waals surface area contributed by atoms with Gasteiger partial charge in [0, 0.05) is 13.0 Å². The van der Waals surface area contributed by atoms with Gasteiger partial charge in [0.2, 0.25) is 5.91 Å². The smallest absolute Gasteiger partial charge is 0.221 e. The lowest BCUT2D eigenvalue weighted by Gasteiger charge is -2.03. The minimum atomic E-state index is -0.0108. The van der Waals surface area contributed by atoms with Crippen molar-refractivity contribution in [2.45, 2.75) is 13.0 Å². The average molecular weight is 289 g/mol. The molecule has 1 aromatic carbocycles. The van der Waals surface area contributed by atoms with E-state index in [0.717, 1.165) is 11.4 Å². The molecule has 2 aromatic rings. The van der Waals surface area contributed by atoms with E-state index in [0.29, 0.717) is 25.2 Å². The van der Waals surface area contributed by atoms with Crippen LogP contribution in [0.25, 0.3) is 5.69 Å². The van der Waals surface area contributed by atoms with E-state index in [9.17, 15) is 4.79 Å². The normalized spacial score (nSPS) is 10.4. The van der Waals surface area contributed by atoms with E-state index in [2.05, 4.69) is 20.9 Å². The first-order valence-electron chi connectivity index (χ1n) is 6.70. The van der Waals surface area contributed by atoms with Gasteiger partial charge in [-0.15, -0.1) is 5.10 Å². The van der Waals surface area contributed by atoms with Crippen LogP contribution in [0.5, 0.6) is 5.75 Å². The Morgan fingerprint density at radius 1 is 1.33 bits per heavy atom. The van der Waals surface area contributed by atoms with Crippen molar-refractivity contribution in [1.82, 2.24) is 25.6 Å². The highest BCUT2D eigenvalue weighted by atomic mass is 16.5. The van der Waals surface area contributed by atoms with Crippen molar-refractivity contribution in [2.75, 3.05) is 20.7 Å². The van der Waals surface area contributed by atoms with Crippen molar-refractivity contribution in [3.05, 3.63) is 36.2 Å².